The van der Waals surface area contributed by atoms with E-state index in [4.69, 9.17) is 11.6 Å². The zero-order chi connectivity index (χ0) is 12.4. The van der Waals surface area contributed by atoms with Crippen molar-refractivity contribution in [3.63, 3.8) is 0 Å². The molecule has 1 fully saturated rings. The molecule has 1 aromatic carbocycles. The van der Waals surface area contributed by atoms with Crippen LogP contribution in [0, 0.1) is 13.8 Å². The summed E-state index contributed by atoms with van der Waals surface area (Å²) in [5.74, 6) is 0.136. The Bertz CT molecular complexity index is 430. The molecule has 0 bridgehead atoms. The van der Waals surface area contributed by atoms with Crippen molar-refractivity contribution in [2.45, 2.75) is 32.7 Å². The van der Waals surface area contributed by atoms with E-state index < -0.39 is 0 Å². The number of halogens is 1. The van der Waals surface area contributed by atoms with E-state index in [1.807, 2.05) is 4.90 Å². The molecule has 17 heavy (non-hydrogen) atoms. The Balaban J connectivity index is 2.32. The van der Waals surface area contributed by atoms with Gasteiger partial charge in [-0.05, 0) is 37.8 Å². The normalized spacial score (nSPS) is 19.7. The van der Waals surface area contributed by atoms with Gasteiger partial charge < -0.3 is 4.90 Å². The molecule has 1 saturated heterocycles. The van der Waals surface area contributed by atoms with Crippen molar-refractivity contribution in [2.24, 2.45) is 0 Å². The first-order valence-corrected chi connectivity index (χ1v) is 6.59. The van der Waals surface area contributed by atoms with Crippen LogP contribution >= 0.6 is 11.6 Å². The average Bonchev–Trinajstić information content (AvgIpc) is 2.80. The molecule has 0 aliphatic carbocycles. The molecule has 3 heteroatoms. The lowest BCUT2D eigenvalue weighted by molar-refractivity contribution is -0.129. The first-order chi connectivity index (χ1) is 8.13. The molecule has 1 unspecified atom stereocenters. The highest BCUT2D eigenvalue weighted by molar-refractivity contribution is 6.27. The zero-order valence-electron chi connectivity index (χ0n) is 10.4. The molecule has 1 aliphatic heterocycles. The number of likely N-dealkylation sites (tertiary alicyclic amines) is 1. The monoisotopic (exact) mass is 251 g/mol. The van der Waals surface area contributed by atoms with E-state index in [9.17, 15) is 4.79 Å². The van der Waals surface area contributed by atoms with E-state index in [2.05, 4.69) is 32.0 Å². The summed E-state index contributed by atoms with van der Waals surface area (Å²) >= 11 is 5.66. The number of aryl methyl sites for hydroxylation is 2. The topological polar surface area (TPSA) is 20.3 Å². The number of nitrogens with zero attached hydrogens (tertiary/aromatic N) is 1. The molecule has 0 saturated carbocycles. The van der Waals surface area contributed by atoms with Gasteiger partial charge in [0.2, 0.25) is 5.91 Å². The molecule has 1 heterocycles. The summed E-state index contributed by atoms with van der Waals surface area (Å²) < 4.78 is 0. The van der Waals surface area contributed by atoms with Gasteiger partial charge in [-0.3, -0.25) is 4.79 Å². The van der Waals surface area contributed by atoms with E-state index in [1.165, 1.54) is 16.7 Å². The van der Waals surface area contributed by atoms with Crippen LogP contribution in [0.25, 0.3) is 0 Å². The van der Waals surface area contributed by atoms with Crippen LogP contribution in [0.5, 0.6) is 0 Å². The predicted molar refractivity (Wildman–Crippen MR) is 70.3 cm³/mol. The van der Waals surface area contributed by atoms with Crippen LogP contribution in [-0.4, -0.2) is 23.2 Å². The summed E-state index contributed by atoms with van der Waals surface area (Å²) in [4.78, 5) is 13.7. The zero-order valence-corrected chi connectivity index (χ0v) is 11.1. The van der Waals surface area contributed by atoms with Crippen molar-refractivity contribution in [1.82, 2.24) is 4.90 Å². The van der Waals surface area contributed by atoms with Gasteiger partial charge in [0.15, 0.2) is 0 Å². The fraction of sp³-hybridized carbons (Fsp3) is 0.500. The lowest BCUT2D eigenvalue weighted by atomic mass is 9.97. The average molecular weight is 252 g/mol. The smallest absolute Gasteiger partial charge is 0.238 e. The first kappa shape index (κ1) is 12.4. The molecule has 1 aromatic rings. The van der Waals surface area contributed by atoms with Crippen LogP contribution in [0.1, 0.15) is 35.6 Å². The second-order valence-corrected chi connectivity index (χ2v) is 5.01. The minimum Gasteiger partial charge on any atom is -0.335 e. The predicted octanol–water partition coefficient (Wildman–Crippen LogP) is 3.21. The lowest BCUT2D eigenvalue weighted by Gasteiger charge is -2.26. The third kappa shape index (κ3) is 2.47. The van der Waals surface area contributed by atoms with Crippen molar-refractivity contribution in [3.05, 3.63) is 34.9 Å². The minimum absolute atomic E-state index is 0.0510. The molecule has 0 aromatic heterocycles. The molecule has 92 valence electrons. The van der Waals surface area contributed by atoms with Gasteiger partial charge in [-0.1, -0.05) is 23.8 Å². The Morgan fingerprint density at radius 2 is 2.24 bits per heavy atom. The summed E-state index contributed by atoms with van der Waals surface area (Å²) in [6.45, 7) is 5.03. The van der Waals surface area contributed by atoms with Crippen LogP contribution in [0.3, 0.4) is 0 Å². The molecule has 1 aliphatic rings. The van der Waals surface area contributed by atoms with Crippen molar-refractivity contribution < 1.29 is 4.79 Å². The molecular formula is C14H18ClNO. The van der Waals surface area contributed by atoms with E-state index in [-0.39, 0.29) is 17.8 Å². The van der Waals surface area contributed by atoms with E-state index in [0.717, 1.165) is 19.4 Å². The molecule has 2 rings (SSSR count). The number of hydrogen-bond donors (Lipinski definition) is 0. The van der Waals surface area contributed by atoms with E-state index in [1.54, 1.807) is 0 Å². The highest BCUT2D eigenvalue weighted by atomic mass is 35.5. The fourth-order valence-corrected chi connectivity index (χ4v) is 2.74. The molecule has 1 atom stereocenters. The van der Waals surface area contributed by atoms with Crippen LogP contribution in [0.15, 0.2) is 18.2 Å². The largest absolute Gasteiger partial charge is 0.335 e. The highest BCUT2D eigenvalue weighted by Gasteiger charge is 2.30. The van der Waals surface area contributed by atoms with Gasteiger partial charge in [0.1, 0.15) is 5.88 Å². The number of carbonyl (C=O) groups excluding carboxylic acids is 1. The Morgan fingerprint density at radius 3 is 2.94 bits per heavy atom. The standard InChI is InChI=1S/C14H18ClNO/c1-10-5-6-11(2)12(8-10)13-4-3-7-16(13)14(17)9-15/h5-6,8,13H,3-4,7,9H2,1-2H3. The maximum Gasteiger partial charge on any atom is 0.238 e. The maximum atomic E-state index is 11.8. The van der Waals surface area contributed by atoms with Crippen molar-refractivity contribution in [2.75, 3.05) is 12.4 Å². The SMILES string of the molecule is Cc1ccc(C)c(C2CCCN2C(=O)CCl)c1. The number of amides is 1. The van der Waals surface area contributed by atoms with Gasteiger partial charge >= 0.3 is 0 Å². The summed E-state index contributed by atoms with van der Waals surface area (Å²) in [5.41, 5.74) is 3.78. The van der Waals surface area contributed by atoms with Gasteiger partial charge in [0.05, 0.1) is 6.04 Å². The summed E-state index contributed by atoms with van der Waals surface area (Å²) in [6, 6.07) is 6.66. The minimum atomic E-state index is 0.0510. The van der Waals surface area contributed by atoms with Crippen LogP contribution in [0.4, 0.5) is 0 Å². The van der Waals surface area contributed by atoms with Crippen LogP contribution in [0.2, 0.25) is 0 Å². The Hall–Kier alpha value is -1.02. The third-order valence-electron chi connectivity index (χ3n) is 3.48. The maximum absolute atomic E-state index is 11.8. The fourth-order valence-electron chi connectivity index (χ4n) is 2.58. The quantitative estimate of drug-likeness (QED) is 0.740. The molecule has 0 N–H and O–H groups in total. The number of hydrogen-bond acceptors (Lipinski definition) is 1. The summed E-state index contributed by atoms with van der Waals surface area (Å²) in [7, 11) is 0. The first-order valence-electron chi connectivity index (χ1n) is 6.06. The lowest BCUT2D eigenvalue weighted by Crippen LogP contribution is -2.31. The van der Waals surface area contributed by atoms with Crippen molar-refractivity contribution >= 4 is 17.5 Å². The van der Waals surface area contributed by atoms with E-state index >= 15 is 0 Å². The summed E-state index contributed by atoms with van der Waals surface area (Å²) in [5, 5.41) is 0. The third-order valence-corrected chi connectivity index (χ3v) is 3.71. The second kappa shape index (κ2) is 5.09. The second-order valence-electron chi connectivity index (χ2n) is 4.74. The van der Waals surface area contributed by atoms with Crippen LogP contribution < -0.4 is 0 Å². The molecule has 0 spiro atoms. The molecular weight excluding hydrogens is 234 g/mol. The number of carbonyl (C=O) groups is 1. The highest BCUT2D eigenvalue weighted by Crippen LogP contribution is 2.34. The van der Waals surface area contributed by atoms with E-state index in [0.29, 0.717) is 0 Å². The van der Waals surface area contributed by atoms with Gasteiger partial charge in [-0.15, -0.1) is 11.6 Å². The van der Waals surface area contributed by atoms with Crippen LogP contribution in [-0.2, 0) is 4.79 Å². The number of benzene rings is 1. The van der Waals surface area contributed by atoms with Gasteiger partial charge in [0, 0.05) is 6.54 Å². The number of alkyl halides is 1. The van der Waals surface area contributed by atoms with Gasteiger partial charge in [0.25, 0.3) is 0 Å². The molecule has 0 radical (unpaired) electrons. The Morgan fingerprint density at radius 1 is 1.47 bits per heavy atom. The Kier molecular flexibility index (Phi) is 3.72. The molecule has 2 nitrogen and oxygen atoms in total. The van der Waals surface area contributed by atoms with Gasteiger partial charge in [-0.2, -0.15) is 0 Å². The van der Waals surface area contributed by atoms with Gasteiger partial charge in [-0.25, -0.2) is 0 Å². The summed E-state index contributed by atoms with van der Waals surface area (Å²) in [6.07, 6.45) is 2.12. The van der Waals surface area contributed by atoms with Crippen molar-refractivity contribution in [3.8, 4) is 0 Å². The van der Waals surface area contributed by atoms with Crippen molar-refractivity contribution in [1.29, 1.82) is 0 Å². The number of rotatable bonds is 2. The molecule has 1 amide bonds. The Labute approximate surface area is 108 Å².